The van der Waals surface area contributed by atoms with Gasteiger partial charge < -0.3 is 4.57 Å². The molecule has 0 unspecified atom stereocenters. The Kier molecular flexibility index (Phi) is 1.43. The van der Waals surface area contributed by atoms with Crippen LogP contribution in [-0.2, 0) is 7.05 Å². The molecule has 0 amide bonds. The van der Waals surface area contributed by atoms with E-state index in [1.807, 2.05) is 19.3 Å². The molecule has 0 saturated carbocycles. The molecule has 62 valence electrons. The van der Waals surface area contributed by atoms with Crippen LogP contribution in [0.4, 0.5) is 0 Å². The van der Waals surface area contributed by atoms with Crippen LogP contribution in [0.25, 0.3) is 11.0 Å². The van der Waals surface area contributed by atoms with Gasteiger partial charge in [-0.3, -0.25) is 0 Å². The zero-order valence-electron chi connectivity index (χ0n) is 7.63. The Morgan fingerprint density at radius 1 is 1.33 bits per heavy atom. The maximum atomic E-state index is 4.33. The molecular formula is C10H12N2. The number of pyridine rings is 1. The van der Waals surface area contributed by atoms with E-state index in [1.165, 1.54) is 16.6 Å². The SMILES string of the molecule is Cc1ccnc2c1cc(C)n2C. The smallest absolute Gasteiger partial charge is 0.140 e. The highest BCUT2D eigenvalue weighted by Gasteiger charge is 2.03. The molecule has 12 heavy (non-hydrogen) atoms. The van der Waals surface area contributed by atoms with Crippen LogP contribution >= 0.6 is 0 Å². The summed E-state index contributed by atoms with van der Waals surface area (Å²) in [5.74, 6) is 0. The van der Waals surface area contributed by atoms with E-state index in [0.29, 0.717) is 0 Å². The molecule has 0 atom stereocenters. The van der Waals surface area contributed by atoms with Crippen molar-refractivity contribution in [2.75, 3.05) is 0 Å². The summed E-state index contributed by atoms with van der Waals surface area (Å²) in [5, 5.41) is 1.26. The first-order valence-corrected chi connectivity index (χ1v) is 4.08. The molecule has 2 rings (SSSR count). The van der Waals surface area contributed by atoms with Crippen LogP contribution in [0.15, 0.2) is 18.3 Å². The predicted molar refractivity (Wildman–Crippen MR) is 50.2 cm³/mol. The summed E-state index contributed by atoms with van der Waals surface area (Å²) in [5.41, 5.74) is 3.63. The third-order valence-electron chi connectivity index (χ3n) is 2.39. The first-order chi connectivity index (χ1) is 5.70. The molecule has 0 saturated heterocycles. The first-order valence-electron chi connectivity index (χ1n) is 4.08. The molecule has 2 aromatic heterocycles. The van der Waals surface area contributed by atoms with Gasteiger partial charge in [0, 0.05) is 24.3 Å². The van der Waals surface area contributed by atoms with Gasteiger partial charge in [0.25, 0.3) is 0 Å². The van der Waals surface area contributed by atoms with E-state index in [1.54, 1.807) is 0 Å². The molecule has 2 nitrogen and oxygen atoms in total. The van der Waals surface area contributed by atoms with Crippen LogP contribution in [0, 0.1) is 13.8 Å². The number of aromatic nitrogens is 2. The minimum Gasteiger partial charge on any atom is -0.333 e. The van der Waals surface area contributed by atoms with Crippen molar-refractivity contribution in [3.63, 3.8) is 0 Å². The highest BCUT2D eigenvalue weighted by atomic mass is 15.0. The summed E-state index contributed by atoms with van der Waals surface area (Å²) in [6, 6.07) is 4.22. The Morgan fingerprint density at radius 3 is 2.75 bits per heavy atom. The van der Waals surface area contributed by atoms with Gasteiger partial charge >= 0.3 is 0 Å². The fourth-order valence-electron chi connectivity index (χ4n) is 1.47. The van der Waals surface area contributed by atoms with Crippen LogP contribution in [0.5, 0.6) is 0 Å². The van der Waals surface area contributed by atoms with Crippen molar-refractivity contribution in [3.8, 4) is 0 Å². The minimum atomic E-state index is 1.08. The summed E-state index contributed by atoms with van der Waals surface area (Å²) >= 11 is 0. The highest BCUT2D eigenvalue weighted by molar-refractivity contribution is 5.80. The standard InChI is InChI=1S/C10H12N2/c1-7-4-5-11-10-9(7)6-8(2)12(10)3/h4-6H,1-3H3. The molecule has 2 heterocycles. The van der Waals surface area contributed by atoms with Gasteiger partial charge in [0.1, 0.15) is 5.65 Å². The zero-order valence-corrected chi connectivity index (χ0v) is 7.63. The van der Waals surface area contributed by atoms with Crippen LogP contribution < -0.4 is 0 Å². The minimum absolute atomic E-state index is 1.08. The third kappa shape index (κ3) is 0.843. The molecule has 0 aliphatic rings. The van der Waals surface area contributed by atoms with E-state index in [4.69, 9.17) is 0 Å². The lowest BCUT2D eigenvalue weighted by atomic mass is 10.2. The van der Waals surface area contributed by atoms with Crippen LogP contribution in [0.1, 0.15) is 11.3 Å². The molecule has 0 spiro atoms. The van der Waals surface area contributed by atoms with Gasteiger partial charge in [-0.1, -0.05) is 0 Å². The lowest BCUT2D eigenvalue weighted by molar-refractivity contribution is 0.902. The Hall–Kier alpha value is -1.31. The van der Waals surface area contributed by atoms with Crippen LogP contribution in [-0.4, -0.2) is 9.55 Å². The summed E-state index contributed by atoms with van der Waals surface area (Å²) in [6.07, 6.45) is 1.86. The maximum Gasteiger partial charge on any atom is 0.140 e. The highest BCUT2D eigenvalue weighted by Crippen LogP contribution is 2.18. The maximum absolute atomic E-state index is 4.33. The van der Waals surface area contributed by atoms with E-state index in [9.17, 15) is 0 Å². The average Bonchev–Trinajstić information content (AvgIpc) is 2.32. The van der Waals surface area contributed by atoms with Crippen LogP contribution in [0.2, 0.25) is 0 Å². The van der Waals surface area contributed by atoms with Crippen molar-refractivity contribution >= 4 is 11.0 Å². The summed E-state index contributed by atoms with van der Waals surface area (Å²) in [4.78, 5) is 4.33. The van der Waals surface area contributed by atoms with Crippen molar-refractivity contribution in [1.29, 1.82) is 0 Å². The molecular weight excluding hydrogens is 148 g/mol. The monoisotopic (exact) mass is 160 g/mol. The molecule has 2 heteroatoms. The Bertz CT molecular complexity index is 427. The largest absolute Gasteiger partial charge is 0.333 e. The quantitative estimate of drug-likeness (QED) is 0.577. The third-order valence-corrected chi connectivity index (χ3v) is 2.39. The van der Waals surface area contributed by atoms with Gasteiger partial charge in [0.05, 0.1) is 0 Å². The van der Waals surface area contributed by atoms with Crippen molar-refractivity contribution in [3.05, 3.63) is 29.6 Å². The normalized spacial score (nSPS) is 10.9. The van der Waals surface area contributed by atoms with E-state index in [-0.39, 0.29) is 0 Å². The Labute approximate surface area is 71.8 Å². The summed E-state index contributed by atoms with van der Waals surface area (Å²) in [6.45, 7) is 4.21. The number of fused-ring (bicyclic) bond motifs is 1. The second-order valence-corrected chi connectivity index (χ2v) is 3.21. The molecule has 0 radical (unpaired) electrons. The average molecular weight is 160 g/mol. The number of hydrogen-bond acceptors (Lipinski definition) is 1. The summed E-state index contributed by atoms with van der Waals surface area (Å²) in [7, 11) is 2.05. The Balaban J connectivity index is 2.95. The molecule has 0 N–H and O–H groups in total. The molecule has 0 aliphatic carbocycles. The Morgan fingerprint density at radius 2 is 2.08 bits per heavy atom. The summed E-state index contributed by atoms with van der Waals surface area (Å²) < 4.78 is 2.11. The van der Waals surface area contributed by atoms with E-state index >= 15 is 0 Å². The van der Waals surface area contributed by atoms with E-state index in [2.05, 4.69) is 29.5 Å². The van der Waals surface area contributed by atoms with E-state index < -0.39 is 0 Å². The number of aryl methyl sites for hydroxylation is 3. The zero-order chi connectivity index (χ0) is 8.72. The molecule has 2 aromatic rings. The molecule has 0 fully saturated rings. The predicted octanol–water partition coefficient (Wildman–Crippen LogP) is 2.19. The van der Waals surface area contributed by atoms with Crippen molar-refractivity contribution in [2.24, 2.45) is 7.05 Å². The van der Waals surface area contributed by atoms with Gasteiger partial charge in [0.2, 0.25) is 0 Å². The lowest BCUT2D eigenvalue weighted by Gasteiger charge is -1.97. The molecule has 0 bridgehead atoms. The molecule has 0 aromatic carbocycles. The van der Waals surface area contributed by atoms with E-state index in [0.717, 1.165) is 5.65 Å². The van der Waals surface area contributed by atoms with Crippen molar-refractivity contribution < 1.29 is 0 Å². The van der Waals surface area contributed by atoms with Crippen molar-refractivity contribution in [1.82, 2.24) is 9.55 Å². The topological polar surface area (TPSA) is 17.8 Å². The van der Waals surface area contributed by atoms with Gasteiger partial charge in [-0.25, -0.2) is 4.98 Å². The lowest BCUT2D eigenvalue weighted by Crippen LogP contribution is -1.91. The first kappa shape index (κ1) is 7.35. The number of rotatable bonds is 0. The van der Waals surface area contributed by atoms with Gasteiger partial charge in [-0.15, -0.1) is 0 Å². The van der Waals surface area contributed by atoms with Gasteiger partial charge in [-0.05, 0) is 31.5 Å². The van der Waals surface area contributed by atoms with Crippen molar-refractivity contribution in [2.45, 2.75) is 13.8 Å². The van der Waals surface area contributed by atoms with Crippen LogP contribution in [0.3, 0.4) is 0 Å². The molecule has 0 aliphatic heterocycles. The van der Waals surface area contributed by atoms with Gasteiger partial charge in [0.15, 0.2) is 0 Å². The van der Waals surface area contributed by atoms with Gasteiger partial charge in [-0.2, -0.15) is 0 Å². The fourth-order valence-corrected chi connectivity index (χ4v) is 1.47. The fraction of sp³-hybridized carbons (Fsp3) is 0.300. The number of nitrogens with zero attached hydrogens (tertiary/aromatic N) is 2. The number of hydrogen-bond donors (Lipinski definition) is 0. The second kappa shape index (κ2) is 2.34. The second-order valence-electron chi connectivity index (χ2n) is 3.21.